The van der Waals surface area contributed by atoms with Crippen molar-refractivity contribution in [3.63, 3.8) is 0 Å². The van der Waals surface area contributed by atoms with Crippen molar-refractivity contribution < 1.29 is 14.6 Å². The Hall–Kier alpha value is -1.59. The summed E-state index contributed by atoms with van der Waals surface area (Å²) in [6, 6.07) is 1.41. The number of nitrogens with zero attached hydrogens (tertiary/aromatic N) is 2. The molecule has 0 unspecified atom stereocenters. The highest BCUT2D eigenvalue weighted by atomic mass is 35.5. The molecule has 0 radical (unpaired) electrons. The van der Waals surface area contributed by atoms with E-state index in [2.05, 4.69) is 14.7 Å². The number of methoxy groups -OCH3 is 1. The monoisotopic (exact) mass is 302 g/mol. The van der Waals surface area contributed by atoms with E-state index in [1.807, 2.05) is 0 Å². The number of carbonyl (C=O) groups is 1. The first-order chi connectivity index (χ1) is 8.92. The zero-order valence-electron chi connectivity index (χ0n) is 10.6. The summed E-state index contributed by atoms with van der Waals surface area (Å²) < 4.78 is 4.61. The normalized spacial score (nSPS) is 13.0. The number of aliphatic hydroxyl groups excluding tert-OH is 1. The second-order valence-corrected chi connectivity index (χ2v) is 4.35. The van der Waals surface area contributed by atoms with Crippen LogP contribution in [0.25, 0.3) is 5.76 Å². The van der Waals surface area contributed by atoms with Gasteiger partial charge in [0.25, 0.3) is 0 Å². The first-order valence-corrected chi connectivity index (χ1v) is 5.94. The number of pyridine rings is 1. The molecule has 1 aromatic heterocycles. The molecule has 1 N–H and O–H groups in total. The maximum atomic E-state index is 11.7. The number of hydrogen-bond donors (Lipinski definition) is 1. The van der Waals surface area contributed by atoms with Gasteiger partial charge in [-0.15, -0.1) is 0 Å². The molecule has 0 spiro atoms. The van der Waals surface area contributed by atoms with Gasteiger partial charge in [-0.2, -0.15) is 0 Å². The summed E-state index contributed by atoms with van der Waals surface area (Å²) in [7, 11) is 2.69. The molecule has 0 aliphatic carbocycles. The van der Waals surface area contributed by atoms with Gasteiger partial charge in [-0.3, -0.25) is 4.99 Å². The third kappa shape index (κ3) is 3.45. The van der Waals surface area contributed by atoms with Crippen molar-refractivity contribution in [1.29, 1.82) is 0 Å². The van der Waals surface area contributed by atoms with Crippen LogP contribution in [0.5, 0.6) is 0 Å². The molecule has 102 valence electrons. The number of ether oxygens (including phenoxy) is 1. The van der Waals surface area contributed by atoms with Crippen LogP contribution in [0.15, 0.2) is 22.8 Å². The van der Waals surface area contributed by atoms with E-state index in [4.69, 9.17) is 23.2 Å². The Morgan fingerprint density at radius 2 is 2.11 bits per heavy atom. The first kappa shape index (κ1) is 15.5. The zero-order valence-corrected chi connectivity index (χ0v) is 12.1. The van der Waals surface area contributed by atoms with Crippen LogP contribution in [0.1, 0.15) is 12.6 Å². The number of hydrogen-bond acceptors (Lipinski definition) is 5. The number of aliphatic hydroxyl groups is 1. The van der Waals surface area contributed by atoms with Crippen molar-refractivity contribution in [2.75, 3.05) is 14.2 Å². The Morgan fingerprint density at radius 1 is 1.47 bits per heavy atom. The third-order valence-corrected chi connectivity index (χ3v) is 2.85. The van der Waals surface area contributed by atoms with Crippen LogP contribution < -0.4 is 0 Å². The molecule has 0 saturated carbocycles. The van der Waals surface area contributed by atoms with E-state index in [1.165, 1.54) is 26.4 Å². The third-order valence-electron chi connectivity index (χ3n) is 2.36. The standard InChI is InChI=1S/C12H12Cl2N2O3/c1-6(15-2)9(12(18)19-3)11(17)10-8(14)4-7(13)5-16-10/h4-5,17H,1-3H3. The Balaban J connectivity index is 3.49. The molecular formula is C12H12Cl2N2O3. The predicted molar refractivity (Wildman–Crippen MR) is 74.9 cm³/mol. The van der Waals surface area contributed by atoms with Gasteiger partial charge in [0.15, 0.2) is 5.76 Å². The highest BCUT2D eigenvalue weighted by Gasteiger charge is 2.22. The number of rotatable bonds is 3. The van der Waals surface area contributed by atoms with Crippen molar-refractivity contribution in [2.24, 2.45) is 4.99 Å². The fourth-order valence-electron chi connectivity index (χ4n) is 1.34. The van der Waals surface area contributed by atoms with Crippen LogP contribution >= 0.6 is 23.2 Å². The molecule has 1 rings (SSSR count). The lowest BCUT2D eigenvalue weighted by Gasteiger charge is -2.09. The average Bonchev–Trinajstić information content (AvgIpc) is 2.38. The fraction of sp³-hybridized carbons (Fsp3) is 0.250. The maximum Gasteiger partial charge on any atom is 0.343 e. The second kappa shape index (κ2) is 6.54. The van der Waals surface area contributed by atoms with Gasteiger partial charge in [-0.25, -0.2) is 9.78 Å². The minimum Gasteiger partial charge on any atom is -0.505 e. The van der Waals surface area contributed by atoms with E-state index in [0.717, 1.165) is 0 Å². The van der Waals surface area contributed by atoms with Gasteiger partial charge in [-0.05, 0) is 13.0 Å². The van der Waals surface area contributed by atoms with E-state index in [1.54, 1.807) is 6.92 Å². The summed E-state index contributed by atoms with van der Waals surface area (Å²) in [5.74, 6) is -1.13. The van der Waals surface area contributed by atoms with Crippen molar-refractivity contribution >= 4 is 40.6 Å². The van der Waals surface area contributed by atoms with Gasteiger partial charge >= 0.3 is 5.97 Å². The fourth-order valence-corrected chi connectivity index (χ4v) is 1.81. The Morgan fingerprint density at radius 3 is 2.58 bits per heavy atom. The van der Waals surface area contributed by atoms with Gasteiger partial charge in [-0.1, -0.05) is 23.2 Å². The summed E-state index contributed by atoms with van der Waals surface area (Å²) in [6.07, 6.45) is 1.31. The van der Waals surface area contributed by atoms with Gasteiger partial charge in [0.05, 0.1) is 17.2 Å². The van der Waals surface area contributed by atoms with E-state index < -0.39 is 11.7 Å². The number of aromatic nitrogens is 1. The zero-order chi connectivity index (χ0) is 14.6. The summed E-state index contributed by atoms with van der Waals surface area (Å²) in [5, 5.41) is 10.6. The molecule has 1 heterocycles. The highest BCUT2D eigenvalue weighted by Crippen LogP contribution is 2.26. The Bertz CT molecular complexity index is 568. The molecule has 0 aliphatic rings. The van der Waals surface area contributed by atoms with Crippen molar-refractivity contribution in [2.45, 2.75) is 6.92 Å². The molecule has 5 nitrogen and oxygen atoms in total. The first-order valence-electron chi connectivity index (χ1n) is 5.19. The molecule has 0 fully saturated rings. The van der Waals surface area contributed by atoms with E-state index in [-0.39, 0.29) is 16.3 Å². The Kier molecular flexibility index (Phi) is 5.32. The minimum absolute atomic E-state index is 0.0365. The summed E-state index contributed by atoms with van der Waals surface area (Å²) in [4.78, 5) is 19.4. The van der Waals surface area contributed by atoms with Crippen LogP contribution in [0.3, 0.4) is 0 Å². The number of carbonyl (C=O) groups excluding carboxylic acids is 1. The molecule has 7 heteroatoms. The maximum absolute atomic E-state index is 11.7. The van der Waals surface area contributed by atoms with Gasteiger partial charge in [0.2, 0.25) is 0 Å². The van der Waals surface area contributed by atoms with Crippen molar-refractivity contribution in [1.82, 2.24) is 4.98 Å². The summed E-state index contributed by atoms with van der Waals surface area (Å²) >= 11 is 11.7. The van der Waals surface area contributed by atoms with E-state index in [9.17, 15) is 9.90 Å². The van der Waals surface area contributed by atoms with Gasteiger partial charge in [0.1, 0.15) is 11.3 Å². The average molecular weight is 303 g/mol. The lowest BCUT2D eigenvalue weighted by Crippen LogP contribution is -2.15. The van der Waals surface area contributed by atoms with Gasteiger partial charge < -0.3 is 9.84 Å². The predicted octanol–water partition coefficient (Wildman–Crippen LogP) is 2.92. The molecule has 0 aliphatic heterocycles. The number of halogens is 2. The van der Waals surface area contributed by atoms with Gasteiger partial charge in [0, 0.05) is 19.0 Å². The molecule has 1 aromatic rings. The molecule has 0 aromatic carbocycles. The van der Waals surface area contributed by atoms with Crippen LogP contribution in [-0.2, 0) is 9.53 Å². The summed E-state index contributed by atoms with van der Waals surface area (Å²) in [5.41, 5.74) is 0.244. The van der Waals surface area contributed by atoms with Crippen molar-refractivity contribution in [3.05, 3.63) is 33.6 Å². The SMILES string of the molecule is CN=C(C)C(C(=O)OC)=C(O)c1ncc(Cl)cc1Cl. The Labute approximate surface area is 120 Å². The topological polar surface area (TPSA) is 71.8 Å². The summed E-state index contributed by atoms with van der Waals surface area (Å²) in [6.45, 7) is 1.56. The smallest absolute Gasteiger partial charge is 0.343 e. The molecule has 0 amide bonds. The molecular weight excluding hydrogens is 291 g/mol. The quantitative estimate of drug-likeness (QED) is 0.403. The van der Waals surface area contributed by atoms with Crippen LogP contribution in [0, 0.1) is 0 Å². The molecule has 0 saturated heterocycles. The number of aliphatic imine (C=N–C) groups is 1. The highest BCUT2D eigenvalue weighted by molar-refractivity contribution is 6.35. The molecule has 19 heavy (non-hydrogen) atoms. The lowest BCUT2D eigenvalue weighted by atomic mass is 10.1. The number of esters is 1. The lowest BCUT2D eigenvalue weighted by molar-refractivity contribution is -0.135. The largest absolute Gasteiger partial charge is 0.505 e. The van der Waals surface area contributed by atoms with E-state index in [0.29, 0.717) is 10.7 Å². The van der Waals surface area contributed by atoms with Crippen LogP contribution in [-0.4, -0.2) is 35.9 Å². The van der Waals surface area contributed by atoms with Crippen LogP contribution in [0.4, 0.5) is 0 Å². The van der Waals surface area contributed by atoms with E-state index >= 15 is 0 Å². The second-order valence-electron chi connectivity index (χ2n) is 3.51. The molecule has 0 atom stereocenters. The van der Waals surface area contributed by atoms with Crippen LogP contribution in [0.2, 0.25) is 10.0 Å². The molecule has 0 bridgehead atoms. The minimum atomic E-state index is -0.728. The van der Waals surface area contributed by atoms with Crippen molar-refractivity contribution in [3.8, 4) is 0 Å².